The Bertz CT molecular complexity index is 1260. The van der Waals surface area contributed by atoms with Crippen LogP contribution in [0.2, 0.25) is 0 Å². The molecule has 5 rings (SSSR count). The zero-order chi connectivity index (χ0) is 20.7. The van der Waals surface area contributed by atoms with Crippen LogP contribution in [-0.2, 0) is 16.9 Å². The van der Waals surface area contributed by atoms with Crippen molar-refractivity contribution in [2.75, 3.05) is 0 Å². The van der Waals surface area contributed by atoms with Gasteiger partial charge in [0, 0.05) is 0 Å². The molecule has 0 bridgehead atoms. The lowest BCUT2D eigenvalue weighted by atomic mass is 9.88. The minimum Gasteiger partial charge on any atom is -0.319 e. The van der Waals surface area contributed by atoms with Gasteiger partial charge in [-0.1, -0.05) is 60.7 Å². The summed E-state index contributed by atoms with van der Waals surface area (Å²) >= 11 is 0. The van der Waals surface area contributed by atoms with Gasteiger partial charge in [0.05, 0.1) is 12.2 Å². The molecule has 1 aromatic heterocycles. The minimum absolute atomic E-state index is 0.0348. The number of tetrazole rings is 1. The number of nitrogens with one attached hydrogen (secondary N) is 1. The summed E-state index contributed by atoms with van der Waals surface area (Å²) in [5, 5.41) is 16.5. The lowest BCUT2D eigenvalue weighted by Crippen LogP contribution is -2.41. The van der Waals surface area contributed by atoms with Gasteiger partial charge in [0.15, 0.2) is 5.82 Å². The fourth-order valence-electron chi connectivity index (χ4n) is 3.90. The number of carbonyl (C=O) groups is 2. The van der Waals surface area contributed by atoms with E-state index in [9.17, 15) is 9.59 Å². The zero-order valence-corrected chi connectivity index (χ0v) is 16.2. The van der Waals surface area contributed by atoms with Crippen molar-refractivity contribution in [1.29, 1.82) is 0 Å². The highest BCUT2D eigenvalue weighted by molar-refractivity contribution is 6.09. The van der Waals surface area contributed by atoms with Gasteiger partial charge in [-0.05, 0) is 45.8 Å². The van der Waals surface area contributed by atoms with Crippen LogP contribution in [0, 0.1) is 0 Å². The van der Waals surface area contributed by atoms with Gasteiger partial charge in [0.25, 0.3) is 5.91 Å². The molecule has 1 atom stereocenters. The van der Waals surface area contributed by atoms with E-state index in [0.29, 0.717) is 5.82 Å². The van der Waals surface area contributed by atoms with Crippen molar-refractivity contribution in [3.05, 3.63) is 84.2 Å². The Balaban J connectivity index is 1.51. The van der Waals surface area contributed by atoms with Gasteiger partial charge >= 0.3 is 6.03 Å². The Hall–Kier alpha value is -4.07. The van der Waals surface area contributed by atoms with Gasteiger partial charge in [-0.25, -0.2) is 4.79 Å². The molecule has 0 unspecified atom stereocenters. The Kier molecular flexibility index (Phi) is 4.06. The summed E-state index contributed by atoms with van der Waals surface area (Å²) in [6.45, 7) is 1.70. The molecule has 2 heterocycles. The van der Waals surface area contributed by atoms with Gasteiger partial charge in [-0.3, -0.25) is 9.69 Å². The molecule has 1 aliphatic rings. The predicted octanol–water partition coefficient (Wildman–Crippen LogP) is 2.78. The summed E-state index contributed by atoms with van der Waals surface area (Å²) in [5.74, 6) is 0.0540. The van der Waals surface area contributed by atoms with Crippen molar-refractivity contribution in [1.82, 2.24) is 30.4 Å². The summed E-state index contributed by atoms with van der Waals surface area (Å²) in [4.78, 5) is 27.4. The topological polar surface area (TPSA) is 93.0 Å². The van der Waals surface area contributed by atoms with Crippen LogP contribution in [0.15, 0.2) is 72.8 Å². The van der Waals surface area contributed by atoms with Crippen molar-refractivity contribution in [3.8, 4) is 5.69 Å². The van der Waals surface area contributed by atoms with E-state index >= 15 is 0 Å². The summed E-state index contributed by atoms with van der Waals surface area (Å²) in [6.07, 6.45) is 0. The van der Waals surface area contributed by atoms with Crippen LogP contribution in [0.1, 0.15) is 18.3 Å². The smallest absolute Gasteiger partial charge is 0.319 e. The molecule has 148 valence electrons. The second-order valence-electron chi connectivity index (χ2n) is 7.32. The quantitative estimate of drug-likeness (QED) is 0.534. The lowest BCUT2D eigenvalue weighted by molar-refractivity contribution is -0.131. The molecular formula is C22H18N6O2. The Morgan fingerprint density at radius 1 is 0.933 bits per heavy atom. The number of urea groups is 1. The van der Waals surface area contributed by atoms with Gasteiger partial charge in [-0.15, -0.1) is 5.10 Å². The first-order chi connectivity index (χ1) is 14.6. The largest absolute Gasteiger partial charge is 0.325 e. The lowest BCUT2D eigenvalue weighted by Gasteiger charge is -2.24. The van der Waals surface area contributed by atoms with Crippen LogP contribution >= 0.6 is 0 Å². The van der Waals surface area contributed by atoms with E-state index in [0.717, 1.165) is 26.9 Å². The highest BCUT2D eigenvalue weighted by Gasteiger charge is 2.50. The zero-order valence-electron chi connectivity index (χ0n) is 16.2. The van der Waals surface area contributed by atoms with E-state index in [1.165, 1.54) is 4.68 Å². The monoisotopic (exact) mass is 398 g/mol. The van der Waals surface area contributed by atoms with Crippen molar-refractivity contribution in [2.45, 2.75) is 19.0 Å². The number of rotatable bonds is 4. The number of benzene rings is 3. The van der Waals surface area contributed by atoms with Crippen LogP contribution in [0.5, 0.6) is 0 Å². The summed E-state index contributed by atoms with van der Waals surface area (Å²) in [6, 6.07) is 22.4. The fourth-order valence-corrected chi connectivity index (χ4v) is 3.90. The average molecular weight is 398 g/mol. The molecule has 1 saturated heterocycles. The van der Waals surface area contributed by atoms with E-state index in [1.807, 2.05) is 72.8 Å². The van der Waals surface area contributed by atoms with Gasteiger partial charge < -0.3 is 5.32 Å². The second kappa shape index (κ2) is 6.77. The fraction of sp³-hybridized carbons (Fsp3) is 0.136. The number of imide groups is 1. The SMILES string of the molecule is C[C@@]1(c2cccc3ccccc23)NC(=O)N(Cc2nnnn2-c2ccccc2)C1=O. The molecule has 1 N–H and O–H groups in total. The molecule has 1 aliphatic heterocycles. The van der Waals surface area contributed by atoms with E-state index in [1.54, 1.807) is 6.92 Å². The number of carbonyl (C=O) groups excluding carboxylic acids is 2. The molecular weight excluding hydrogens is 380 g/mol. The van der Waals surface area contributed by atoms with Crippen LogP contribution in [0.3, 0.4) is 0 Å². The van der Waals surface area contributed by atoms with E-state index in [2.05, 4.69) is 20.8 Å². The first-order valence-electron chi connectivity index (χ1n) is 9.53. The number of para-hydroxylation sites is 1. The van der Waals surface area contributed by atoms with Crippen molar-refractivity contribution < 1.29 is 9.59 Å². The highest BCUT2D eigenvalue weighted by atomic mass is 16.2. The maximum Gasteiger partial charge on any atom is 0.325 e. The molecule has 3 aromatic carbocycles. The standard InChI is InChI=1S/C22H18N6O2/c1-22(18-13-7-9-15-8-5-6-12-17(15)18)20(29)27(21(30)23-22)14-19-24-25-26-28(19)16-10-3-2-4-11-16/h2-13H,14H2,1H3,(H,23,30)/t22-/m0/s1. The van der Waals surface area contributed by atoms with Crippen molar-refractivity contribution in [2.24, 2.45) is 0 Å². The number of hydrogen-bond donors (Lipinski definition) is 1. The third-order valence-electron chi connectivity index (χ3n) is 5.44. The summed E-state index contributed by atoms with van der Waals surface area (Å²) < 4.78 is 1.52. The highest BCUT2D eigenvalue weighted by Crippen LogP contribution is 2.34. The van der Waals surface area contributed by atoms with E-state index in [-0.39, 0.29) is 12.5 Å². The molecule has 0 saturated carbocycles. The van der Waals surface area contributed by atoms with Crippen LogP contribution in [0.4, 0.5) is 4.79 Å². The molecule has 8 heteroatoms. The maximum absolute atomic E-state index is 13.4. The molecule has 0 spiro atoms. The Morgan fingerprint density at radius 3 is 2.50 bits per heavy atom. The molecule has 3 amide bonds. The van der Waals surface area contributed by atoms with E-state index < -0.39 is 11.6 Å². The number of fused-ring (bicyclic) bond motifs is 1. The van der Waals surface area contributed by atoms with Crippen LogP contribution in [-0.4, -0.2) is 37.0 Å². The summed E-state index contributed by atoms with van der Waals surface area (Å²) in [7, 11) is 0. The molecule has 0 aliphatic carbocycles. The van der Waals surface area contributed by atoms with Crippen molar-refractivity contribution in [3.63, 3.8) is 0 Å². The molecule has 30 heavy (non-hydrogen) atoms. The Labute approximate surface area is 172 Å². The average Bonchev–Trinajstić information content (AvgIpc) is 3.33. The third kappa shape index (κ3) is 2.73. The number of hydrogen-bond acceptors (Lipinski definition) is 5. The van der Waals surface area contributed by atoms with Gasteiger partial charge in [0.2, 0.25) is 0 Å². The van der Waals surface area contributed by atoms with Crippen LogP contribution in [0.25, 0.3) is 16.5 Å². The van der Waals surface area contributed by atoms with Gasteiger partial charge in [-0.2, -0.15) is 4.68 Å². The molecule has 1 fully saturated rings. The number of nitrogens with zero attached hydrogens (tertiary/aromatic N) is 5. The molecule has 0 radical (unpaired) electrons. The normalized spacial score (nSPS) is 18.8. The third-order valence-corrected chi connectivity index (χ3v) is 5.44. The molecule has 4 aromatic rings. The molecule has 8 nitrogen and oxygen atoms in total. The van der Waals surface area contributed by atoms with Crippen LogP contribution < -0.4 is 5.32 Å². The predicted molar refractivity (Wildman–Crippen MR) is 110 cm³/mol. The van der Waals surface area contributed by atoms with E-state index in [4.69, 9.17) is 0 Å². The summed E-state index contributed by atoms with van der Waals surface area (Å²) in [5.41, 5.74) is 0.327. The van der Waals surface area contributed by atoms with Gasteiger partial charge in [0.1, 0.15) is 5.54 Å². The Morgan fingerprint density at radius 2 is 1.67 bits per heavy atom. The first kappa shape index (κ1) is 18.0. The first-order valence-corrected chi connectivity index (χ1v) is 9.53. The number of amides is 3. The number of aromatic nitrogens is 4. The maximum atomic E-state index is 13.4. The second-order valence-corrected chi connectivity index (χ2v) is 7.32. The van der Waals surface area contributed by atoms with Crippen molar-refractivity contribution >= 4 is 22.7 Å². The minimum atomic E-state index is -1.18.